The van der Waals surface area contributed by atoms with E-state index in [4.69, 9.17) is 11.6 Å². The lowest BCUT2D eigenvalue weighted by Crippen LogP contribution is -2.32. The minimum absolute atomic E-state index is 0.147. The molecule has 5 heteroatoms. The molecule has 0 aliphatic heterocycles. The van der Waals surface area contributed by atoms with Crippen LogP contribution in [0.4, 0.5) is 0 Å². The van der Waals surface area contributed by atoms with Crippen LogP contribution >= 0.6 is 11.6 Å². The van der Waals surface area contributed by atoms with Crippen LogP contribution in [0.2, 0.25) is 5.15 Å². The Kier molecular flexibility index (Phi) is 5.07. The van der Waals surface area contributed by atoms with Crippen LogP contribution in [-0.4, -0.2) is 27.3 Å². The third kappa shape index (κ3) is 3.78. The van der Waals surface area contributed by atoms with Crippen LogP contribution in [0.25, 0.3) is 0 Å². The van der Waals surface area contributed by atoms with Crippen LogP contribution < -0.4 is 0 Å². The number of carbonyl (C=O) groups is 1. The number of rotatable bonds is 5. The third-order valence-corrected chi connectivity index (χ3v) is 3.00. The molecule has 4 nitrogen and oxygen atoms in total. The molecule has 0 aliphatic rings. The van der Waals surface area contributed by atoms with Crippen LogP contribution in [0.5, 0.6) is 0 Å². The molecular formula is C15H16ClN3O. The maximum atomic E-state index is 12.5. The molecule has 0 saturated carbocycles. The summed E-state index contributed by atoms with van der Waals surface area (Å²) in [6.07, 6.45) is 3.74. The summed E-state index contributed by atoms with van der Waals surface area (Å²) < 4.78 is 0. The predicted molar refractivity (Wildman–Crippen MR) is 78.5 cm³/mol. The fourth-order valence-electron chi connectivity index (χ4n) is 1.93. The van der Waals surface area contributed by atoms with Crippen molar-refractivity contribution in [3.05, 3.63) is 59.1 Å². The summed E-state index contributed by atoms with van der Waals surface area (Å²) in [6, 6.07) is 9.88. The Morgan fingerprint density at radius 3 is 2.65 bits per heavy atom. The second-order valence-corrected chi connectivity index (χ2v) is 4.83. The molecule has 0 unspecified atom stereocenters. The number of amides is 1. The first-order valence-electron chi connectivity index (χ1n) is 6.51. The van der Waals surface area contributed by atoms with E-state index in [2.05, 4.69) is 9.97 Å². The highest BCUT2D eigenvalue weighted by Gasteiger charge is 2.17. The smallest absolute Gasteiger partial charge is 0.274 e. The van der Waals surface area contributed by atoms with E-state index in [-0.39, 0.29) is 16.8 Å². The molecule has 0 N–H and O–H groups in total. The quantitative estimate of drug-likeness (QED) is 0.849. The van der Waals surface area contributed by atoms with E-state index in [0.717, 1.165) is 12.0 Å². The van der Waals surface area contributed by atoms with E-state index >= 15 is 0 Å². The molecule has 2 rings (SSSR count). The third-order valence-electron chi connectivity index (χ3n) is 2.82. The minimum Gasteiger partial charge on any atom is -0.333 e. The van der Waals surface area contributed by atoms with Gasteiger partial charge in [-0.3, -0.25) is 9.78 Å². The van der Waals surface area contributed by atoms with Crippen LogP contribution in [0, 0.1) is 0 Å². The molecule has 0 spiro atoms. The van der Waals surface area contributed by atoms with Gasteiger partial charge in [-0.1, -0.05) is 48.9 Å². The zero-order chi connectivity index (χ0) is 14.4. The van der Waals surface area contributed by atoms with Crippen molar-refractivity contribution in [1.29, 1.82) is 0 Å². The molecule has 0 bridgehead atoms. The molecule has 1 aromatic heterocycles. The van der Waals surface area contributed by atoms with E-state index < -0.39 is 0 Å². The van der Waals surface area contributed by atoms with E-state index in [1.165, 1.54) is 12.4 Å². The predicted octanol–water partition coefficient (Wildman–Crippen LogP) is 3.18. The fourth-order valence-corrected chi connectivity index (χ4v) is 2.08. The molecule has 0 atom stereocenters. The second kappa shape index (κ2) is 7.01. The van der Waals surface area contributed by atoms with Crippen molar-refractivity contribution in [3.63, 3.8) is 0 Å². The molecule has 104 valence electrons. The highest BCUT2D eigenvalue weighted by atomic mass is 35.5. The van der Waals surface area contributed by atoms with Gasteiger partial charge < -0.3 is 4.90 Å². The van der Waals surface area contributed by atoms with E-state index in [0.29, 0.717) is 13.1 Å². The Hall–Kier alpha value is -1.94. The Morgan fingerprint density at radius 2 is 2.00 bits per heavy atom. The van der Waals surface area contributed by atoms with Gasteiger partial charge in [0.05, 0.1) is 12.4 Å². The number of halogens is 1. The molecule has 0 saturated heterocycles. The van der Waals surface area contributed by atoms with Gasteiger partial charge in [0.2, 0.25) is 0 Å². The highest BCUT2D eigenvalue weighted by Crippen LogP contribution is 2.10. The first kappa shape index (κ1) is 14.5. The average Bonchev–Trinajstić information content (AvgIpc) is 2.47. The van der Waals surface area contributed by atoms with Crippen LogP contribution in [0.3, 0.4) is 0 Å². The number of benzene rings is 1. The maximum absolute atomic E-state index is 12.5. The second-order valence-electron chi connectivity index (χ2n) is 4.44. The van der Waals surface area contributed by atoms with Gasteiger partial charge in [-0.15, -0.1) is 0 Å². The van der Waals surface area contributed by atoms with Crippen LogP contribution in [-0.2, 0) is 6.54 Å². The van der Waals surface area contributed by atoms with Crippen molar-refractivity contribution in [2.24, 2.45) is 0 Å². The van der Waals surface area contributed by atoms with Gasteiger partial charge in [0.1, 0.15) is 10.8 Å². The Balaban J connectivity index is 2.18. The van der Waals surface area contributed by atoms with Crippen molar-refractivity contribution in [3.8, 4) is 0 Å². The Bertz CT molecular complexity index is 574. The van der Waals surface area contributed by atoms with E-state index in [1.807, 2.05) is 37.3 Å². The van der Waals surface area contributed by atoms with Crippen molar-refractivity contribution < 1.29 is 4.79 Å². The molecule has 1 amide bonds. The van der Waals surface area contributed by atoms with Gasteiger partial charge in [0.25, 0.3) is 5.91 Å². The van der Waals surface area contributed by atoms with Crippen LogP contribution in [0.15, 0.2) is 42.7 Å². The highest BCUT2D eigenvalue weighted by molar-refractivity contribution is 6.29. The lowest BCUT2D eigenvalue weighted by atomic mass is 10.2. The molecule has 1 heterocycles. The Labute approximate surface area is 123 Å². The summed E-state index contributed by atoms with van der Waals surface area (Å²) in [5.74, 6) is -0.147. The SMILES string of the molecule is CCCN(Cc1ccccc1)C(=O)c1cncc(Cl)n1. The normalized spacial score (nSPS) is 10.3. The number of hydrogen-bond donors (Lipinski definition) is 0. The van der Waals surface area contributed by atoms with Crippen LogP contribution in [0.1, 0.15) is 29.4 Å². The van der Waals surface area contributed by atoms with Gasteiger partial charge >= 0.3 is 0 Å². The lowest BCUT2D eigenvalue weighted by molar-refractivity contribution is 0.0736. The van der Waals surface area contributed by atoms with Crippen molar-refractivity contribution in [2.45, 2.75) is 19.9 Å². The standard InChI is InChI=1S/C15H16ClN3O/c1-2-8-19(11-12-6-4-3-5-7-12)15(20)13-9-17-10-14(16)18-13/h3-7,9-10H,2,8,11H2,1H3. The van der Waals surface area contributed by atoms with Gasteiger partial charge in [-0.05, 0) is 12.0 Å². The number of carbonyl (C=O) groups excluding carboxylic acids is 1. The Morgan fingerprint density at radius 1 is 1.25 bits per heavy atom. The van der Waals surface area contributed by atoms with Gasteiger partial charge in [-0.2, -0.15) is 0 Å². The number of nitrogens with zero attached hydrogens (tertiary/aromatic N) is 3. The fraction of sp³-hybridized carbons (Fsp3) is 0.267. The first-order valence-corrected chi connectivity index (χ1v) is 6.89. The van der Waals surface area contributed by atoms with Crippen molar-refractivity contribution in [2.75, 3.05) is 6.54 Å². The summed E-state index contributed by atoms with van der Waals surface area (Å²) in [5.41, 5.74) is 1.37. The molecule has 2 aromatic rings. The molecule has 20 heavy (non-hydrogen) atoms. The zero-order valence-corrected chi connectivity index (χ0v) is 12.0. The van der Waals surface area contributed by atoms with E-state index in [9.17, 15) is 4.79 Å². The molecule has 1 aromatic carbocycles. The molecular weight excluding hydrogens is 274 g/mol. The lowest BCUT2D eigenvalue weighted by Gasteiger charge is -2.21. The summed E-state index contributed by atoms with van der Waals surface area (Å²) in [7, 11) is 0. The summed E-state index contributed by atoms with van der Waals surface area (Å²) in [6.45, 7) is 3.26. The van der Waals surface area contributed by atoms with E-state index in [1.54, 1.807) is 4.90 Å². The molecule has 0 aliphatic carbocycles. The van der Waals surface area contributed by atoms with Gasteiger partial charge in [-0.25, -0.2) is 4.98 Å². The topological polar surface area (TPSA) is 46.1 Å². The first-order chi connectivity index (χ1) is 9.70. The minimum atomic E-state index is -0.147. The van der Waals surface area contributed by atoms with Gasteiger partial charge in [0, 0.05) is 13.1 Å². The number of aromatic nitrogens is 2. The summed E-state index contributed by atoms with van der Waals surface area (Å²) in [5, 5.41) is 0.229. The monoisotopic (exact) mass is 289 g/mol. The summed E-state index contributed by atoms with van der Waals surface area (Å²) >= 11 is 5.79. The largest absolute Gasteiger partial charge is 0.333 e. The van der Waals surface area contributed by atoms with Crippen molar-refractivity contribution in [1.82, 2.24) is 14.9 Å². The average molecular weight is 290 g/mol. The van der Waals surface area contributed by atoms with Gasteiger partial charge in [0.15, 0.2) is 0 Å². The maximum Gasteiger partial charge on any atom is 0.274 e. The summed E-state index contributed by atoms with van der Waals surface area (Å²) in [4.78, 5) is 22.2. The molecule has 0 fully saturated rings. The number of hydrogen-bond acceptors (Lipinski definition) is 3. The molecule has 0 radical (unpaired) electrons. The zero-order valence-electron chi connectivity index (χ0n) is 11.3. The van der Waals surface area contributed by atoms with Crippen molar-refractivity contribution >= 4 is 17.5 Å².